The summed E-state index contributed by atoms with van der Waals surface area (Å²) in [5.74, 6) is 0. The molecule has 0 aromatic rings. The summed E-state index contributed by atoms with van der Waals surface area (Å²) in [5.41, 5.74) is 0. The highest BCUT2D eigenvalue weighted by Gasteiger charge is 2.37. The Morgan fingerprint density at radius 3 is 1.75 bits per heavy atom. The van der Waals surface area contributed by atoms with E-state index in [9.17, 15) is 4.39 Å². The molecule has 0 saturated heterocycles. The number of hydrogen-bond acceptors (Lipinski definition) is 6. The van der Waals surface area contributed by atoms with Crippen molar-refractivity contribution < 1.29 is 33.4 Å². The fourth-order valence-corrected chi connectivity index (χ4v) is 0.843. The van der Waals surface area contributed by atoms with Gasteiger partial charge in [-0.3, -0.25) is 0 Å². The SMILES string of the molecule is CCOC(OCC)(OCC)OOOC(C)F. The highest BCUT2D eigenvalue weighted by molar-refractivity contribution is 4.37. The van der Waals surface area contributed by atoms with Gasteiger partial charge < -0.3 is 14.2 Å². The molecule has 0 radical (unpaired) electrons. The predicted octanol–water partition coefficient (Wildman–Crippen LogP) is 1.90. The van der Waals surface area contributed by atoms with Gasteiger partial charge in [-0.25, -0.2) is 4.39 Å². The standard InChI is InChI=1S/C9H19FO6/c1-5-11-9(12-6-2,13-7-3)15-16-14-8(4)10/h8H,5-7H2,1-4H3. The minimum Gasteiger partial charge on any atom is -0.302 e. The third-order valence-corrected chi connectivity index (χ3v) is 1.27. The van der Waals surface area contributed by atoms with Gasteiger partial charge in [0.05, 0.1) is 19.8 Å². The van der Waals surface area contributed by atoms with E-state index in [0.717, 1.165) is 6.92 Å². The van der Waals surface area contributed by atoms with Crippen molar-refractivity contribution in [1.82, 2.24) is 0 Å². The Morgan fingerprint density at radius 2 is 1.44 bits per heavy atom. The summed E-state index contributed by atoms with van der Waals surface area (Å²) in [5, 5.41) is 4.17. The molecule has 98 valence electrons. The van der Waals surface area contributed by atoms with Crippen LogP contribution in [0, 0.1) is 0 Å². The van der Waals surface area contributed by atoms with E-state index in [1.54, 1.807) is 20.8 Å². The molecule has 0 N–H and O–H groups in total. The normalized spacial score (nSPS) is 14.1. The van der Waals surface area contributed by atoms with Crippen molar-refractivity contribution in [2.24, 2.45) is 0 Å². The molecule has 6 nitrogen and oxygen atoms in total. The van der Waals surface area contributed by atoms with Gasteiger partial charge in [-0.1, -0.05) is 5.04 Å². The van der Waals surface area contributed by atoms with E-state index in [0.29, 0.717) is 0 Å². The molecule has 0 spiro atoms. The molecule has 0 aliphatic carbocycles. The van der Waals surface area contributed by atoms with Gasteiger partial charge in [0, 0.05) is 0 Å². The quantitative estimate of drug-likeness (QED) is 0.331. The topological polar surface area (TPSA) is 55.4 Å². The molecule has 0 fully saturated rings. The van der Waals surface area contributed by atoms with Crippen molar-refractivity contribution in [2.45, 2.75) is 40.2 Å². The third-order valence-electron chi connectivity index (χ3n) is 1.27. The Morgan fingerprint density at radius 1 is 1.00 bits per heavy atom. The zero-order chi connectivity index (χ0) is 12.4. The first-order chi connectivity index (χ1) is 7.60. The summed E-state index contributed by atoms with van der Waals surface area (Å²) < 4.78 is 27.6. The van der Waals surface area contributed by atoms with Gasteiger partial charge in [0.1, 0.15) is 0 Å². The van der Waals surface area contributed by atoms with Gasteiger partial charge in [0.25, 0.3) is 0 Å². The van der Waals surface area contributed by atoms with E-state index in [2.05, 4.69) is 14.8 Å². The van der Waals surface area contributed by atoms with Gasteiger partial charge in [0.2, 0.25) is 6.36 Å². The van der Waals surface area contributed by atoms with Crippen molar-refractivity contribution in [2.75, 3.05) is 19.8 Å². The van der Waals surface area contributed by atoms with Crippen LogP contribution in [0.1, 0.15) is 27.7 Å². The van der Waals surface area contributed by atoms with Crippen LogP contribution < -0.4 is 0 Å². The average Bonchev–Trinajstić information content (AvgIpc) is 2.18. The maximum absolute atomic E-state index is 12.3. The maximum atomic E-state index is 12.3. The molecule has 7 heteroatoms. The largest absolute Gasteiger partial charge is 0.442 e. The van der Waals surface area contributed by atoms with Gasteiger partial charge in [-0.2, -0.15) is 4.89 Å². The van der Waals surface area contributed by atoms with Crippen LogP contribution in [0.4, 0.5) is 4.39 Å². The zero-order valence-corrected chi connectivity index (χ0v) is 10.0. The van der Waals surface area contributed by atoms with E-state index >= 15 is 0 Å². The van der Waals surface area contributed by atoms with Gasteiger partial charge in [0.15, 0.2) is 0 Å². The molecule has 0 aliphatic rings. The molecular formula is C9H19FO6. The average molecular weight is 242 g/mol. The Hall–Kier alpha value is -0.310. The van der Waals surface area contributed by atoms with E-state index in [-0.39, 0.29) is 19.8 Å². The van der Waals surface area contributed by atoms with Gasteiger partial charge >= 0.3 is 6.16 Å². The highest BCUT2D eigenvalue weighted by atomic mass is 19.1. The molecule has 0 saturated carbocycles. The molecule has 0 aromatic carbocycles. The number of rotatable bonds is 10. The second-order valence-corrected chi connectivity index (χ2v) is 2.59. The van der Waals surface area contributed by atoms with Crippen LogP contribution in [0.25, 0.3) is 0 Å². The molecule has 1 unspecified atom stereocenters. The summed E-state index contributed by atoms with van der Waals surface area (Å²) in [4.78, 5) is 8.74. The van der Waals surface area contributed by atoms with Crippen molar-refractivity contribution in [3.63, 3.8) is 0 Å². The Balaban J connectivity index is 4.23. The Bertz CT molecular complexity index is 149. The minimum atomic E-state index is -1.83. The predicted molar refractivity (Wildman–Crippen MR) is 51.4 cm³/mol. The smallest absolute Gasteiger partial charge is 0.302 e. The van der Waals surface area contributed by atoms with Gasteiger partial charge in [-0.15, -0.1) is 4.89 Å². The van der Waals surface area contributed by atoms with Crippen molar-refractivity contribution in [3.8, 4) is 0 Å². The summed E-state index contributed by atoms with van der Waals surface area (Å²) in [6, 6.07) is 0. The van der Waals surface area contributed by atoms with Gasteiger partial charge in [-0.05, 0) is 27.7 Å². The summed E-state index contributed by atoms with van der Waals surface area (Å²) >= 11 is 0. The summed E-state index contributed by atoms with van der Waals surface area (Å²) in [6.45, 7) is 7.06. The Kier molecular flexibility index (Phi) is 8.63. The first-order valence-corrected chi connectivity index (χ1v) is 5.17. The van der Waals surface area contributed by atoms with E-state index in [1.807, 2.05) is 0 Å². The molecule has 0 aliphatic heterocycles. The van der Waals surface area contributed by atoms with Crippen LogP contribution in [-0.4, -0.2) is 32.3 Å². The van der Waals surface area contributed by atoms with Crippen LogP contribution in [0.2, 0.25) is 0 Å². The fraction of sp³-hybridized carbons (Fsp3) is 1.00. The second-order valence-electron chi connectivity index (χ2n) is 2.59. The van der Waals surface area contributed by atoms with E-state index in [1.165, 1.54) is 0 Å². The molecule has 0 aromatic heterocycles. The molecular weight excluding hydrogens is 223 g/mol. The van der Waals surface area contributed by atoms with Crippen LogP contribution >= 0.6 is 0 Å². The van der Waals surface area contributed by atoms with Crippen LogP contribution in [0.5, 0.6) is 0 Å². The zero-order valence-electron chi connectivity index (χ0n) is 10.0. The second kappa shape index (κ2) is 8.80. The summed E-state index contributed by atoms with van der Waals surface area (Å²) in [6.07, 6.45) is -3.46. The summed E-state index contributed by atoms with van der Waals surface area (Å²) in [7, 11) is 0. The van der Waals surface area contributed by atoms with Crippen LogP contribution in [0.3, 0.4) is 0 Å². The lowest BCUT2D eigenvalue weighted by Gasteiger charge is -2.28. The maximum Gasteiger partial charge on any atom is 0.442 e. The number of ether oxygens (including phenoxy) is 3. The molecule has 0 rings (SSSR count). The Labute approximate surface area is 94.4 Å². The van der Waals surface area contributed by atoms with Crippen molar-refractivity contribution in [1.29, 1.82) is 0 Å². The lowest BCUT2D eigenvalue weighted by Crippen LogP contribution is -2.42. The molecule has 0 amide bonds. The van der Waals surface area contributed by atoms with E-state index in [4.69, 9.17) is 14.2 Å². The first-order valence-electron chi connectivity index (χ1n) is 5.17. The van der Waals surface area contributed by atoms with Crippen LogP contribution in [-0.2, 0) is 29.0 Å². The lowest BCUT2D eigenvalue weighted by molar-refractivity contribution is -0.666. The number of halogens is 1. The molecule has 16 heavy (non-hydrogen) atoms. The molecule has 1 atom stereocenters. The third kappa shape index (κ3) is 6.31. The monoisotopic (exact) mass is 242 g/mol. The fourth-order valence-electron chi connectivity index (χ4n) is 0.843. The van der Waals surface area contributed by atoms with Crippen LogP contribution in [0.15, 0.2) is 0 Å². The highest BCUT2D eigenvalue weighted by Crippen LogP contribution is 2.18. The van der Waals surface area contributed by atoms with Crippen molar-refractivity contribution in [3.05, 3.63) is 0 Å². The number of hydrogen-bond donors (Lipinski definition) is 0. The lowest BCUT2D eigenvalue weighted by atomic mass is 10.8. The van der Waals surface area contributed by atoms with Crippen molar-refractivity contribution >= 4 is 0 Å². The first kappa shape index (κ1) is 15.7. The number of alkyl halides is 1. The minimum absolute atomic E-state index is 0.258. The van der Waals surface area contributed by atoms with E-state index < -0.39 is 12.5 Å². The molecule has 0 bridgehead atoms. The molecule has 0 heterocycles.